The molecule has 6 heteroatoms. The number of amides is 1. The first-order valence-electron chi connectivity index (χ1n) is 5.07. The Hall–Kier alpha value is -0.980. The van der Waals surface area contributed by atoms with Crippen LogP contribution in [0.3, 0.4) is 0 Å². The Kier molecular flexibility index (Phi) is 5.37. The van der Waals surface area contributed by atoms with Crippen molar-refractivity contribution in [2.45, 2.75) is 13.8 Å². The first-order chi connectivity index (χ1) is 7.63. The fourth-order valence-electron chi connectivity index (χ4n) is 1.07. The zero-order valence-electron chi connectivity index (χ0n) is 9.79. The molecule has 0 bridgehead atoms. The molecule has 1 rings (SSSR count). The van der Waals surface area contributed by atoms with E-state index < -0.39 is 0 Å². The van der Waals surface area contributed by atoms with Gasteiger partial charge in [0.2, 0.25) is 5.91 Å². The number of methoxy groups -OCH3 is 1. The predicted octanol–water partition coefficient (Wildman–Crippen LogP) is 0.934. The number of rotatable bonds is 6. The van der Waals surface area contributed by atoms with Crippen LogP contribution in [-0.2, 0) is 9.53 Å². The minimum absolute atomic E-state index is 0.0788. The molecule has 0 aliphatic rings. The van der Waals surface area contributed by atoms with Crippen molar-refractivity contribution >= 4 is 22.4 Å². The SMILES string of the molecule is COCCNCC(=O)Nc1nc(C)c(C)s1. The molecule has 90 valence electrons. The van der Waals surface area contributed by atoms with Gasteiger partial charge in [-0.05, 0) is 13.8 Å². The Bertz CT molecular complexity index is 332. The van der Waals surface area contributed by atoms with Crippen molar-refractivity contribution in [3.63, 3.8) is 0 Å². The molecule has 16 heavy (non-hydrogen) atoms. The fourth-order valence-corrected chi connectivity index (χ4v) is 1.90. The fraction of sp³-hybridized carbons (Fsp3) is 0.600. The van der Waals surface area contributed by atoms with E-state index in [2.05, 4.69) is 15.6 Å². The lowest BCUT2D eigenvalue weighted by Crippen LogP contribution is -2.30. The Labute approximate surface area is 99.2 Å². The summed E-state index contributed by atoms with van der Waals surface area (Å²) in [5.74, 6) is -0.0788. The van der Waals surface area contributed by atoms with Crippen LogP contribution in [0.25, 0.3) is 0 Å². The summed E-state index contributed by atoms with van der Waals surface area (Å²) < 4.78 is 4.86. The Balaban J connectivity index is 2.28. The van der Waals surface area contributed by atoms with Crippen LogP contribution in [0.2, 0.25) is 0 Å². The van der Waals surface area contributed by atoms with Crippen molar-refractivity contribution in [1.29, 1.82) is 0 Å². The van der Waals surface area contributed by atoms with E-state index in [1.165, 1.54) is 11.3 Å². The van der Waals surface area contributed by atoms with E-state index in [1.807, 2.05) is 13.8 Å². The van der Waals surface area contributed by atoms with Gasteiger partial charge < -0.3 is 15.4 Å². The van der Waals surface area contributed by atoms with Crippen LogP contribution in [0, 0.1) is 13.8 Å². The van der Waals surface area contributed by atoms with Crippen LogP contribution < -0.4 is 10.6 Å². The van der Waals surface area contributed by atoms with E-state index in [1.54, 1.807) is 7.11 Å². The minimum Gasteiger partial charge on any atom is -0.383 e. The number of anilines is 1. The average molecular weight is 243 g/mol. The second kappa shape index (κ2) is 6.57. The van der Waals surface area contributed by atoms with Gasteiger partial charge >= 0.3 is 0 Å². The number of aryl methyl sites for hydroxylation is 2. The molecule has 1 aromatic rings. The normalized spacial score (nSPS) is 10.4. The van der Waals surface area contributed by atoms with Gasteiger partial charge in [0.15, 0.2) is 5.13 Å². The smallest absolute Gasteiger partial charge is 0.240 e. The highest BCUT2D eigenvalue weighted by atomic mass is 32.1. The standard InChI is InChI=1S/C10H17N3O2S/c1-7-8(2)16-10(12-7)13-9(14)6-11-4-5-15-3/h11H,4-6H2,1-3H3,(H,12,13,14). The van der Waals surface area contributed by atoms with Crippen LogP contribution in [0.15, 0.2) is 0 Å². The van der Waals surface area contributed by atoms with E-state index in [0.717, 1.165) is 10.6 Å². The Morgan fingerprint density at radius 3 is 2.81 bits per heavy atom. The van der Waals surface area contributed by atoms with Gasteiger partial charge in [-0.15, -0.1) is 11.3 Å². The van der Waals surface area contributed by atoms with Gasteiger partial charge in [0.05, 0.1) is 18.8 Å². The summed E-state index contributed by atoms with van der Waals surface area (Å²) in [7, 11) is 1.63. The molecule has 0 unspecified atom stereocenters. The summed E-state index contributed by atoms with van der Waals surface area (Å²) >= 11 is 1.49. The first-order valence-corrected chi connectivity index (χ1v) is 5.88. The van der Waals surface area contributed by atoms with Gasteiger partial charge in [-0.1, -0.05) is 0 Å². The molecule has 0 aliphatic carbocycles. The third-order valence-corrected chi connectivity index (χ3v) is 3.03. The predicted molar refractivity (Wildman–Crippen MR) is 65.0 cm³/mol. The number of aromatic nitrogens is 1. The lowest BCUT2D eigenvalue weighted by atomic mass is 10.4. The quantitative estimate of drug-likeness (QED) is 0.730. The molecule has 0 atom stereocenters. The second-order valence-corrected chi connectivity index (χ2v) is 4.58. The zero-order chi connectivity index (χ0) is 12.0. The van der Waals surface area contributed by atoms with E-state index in [4.69, 9.17) is 4.74 Å². The third kappa shape index (κ3) is 4.26. The van der Waals surface area contributed by atoms with E-state index in [9.17, 15) is 4.79 Å². The van der Waals surface area contributed by atoms with Gasteiger partial charge in [-0.2, -0.15) is 0 Å². The topological polar surface area (TPSA) is 63.2 Å². The van der Waals surface area contributed by atoms with Crippen molar-refractivity contribution in [3.8, 4) is 0 Å². The molecule has 0 spiro atoms. The number of carbonyl (C=O) groups is 1. The first kappa shape index (κ1) is 13.1. The number of carbonyl (C=O) groups excluding carboxylic acids is 1. The maximum absolute atomic E-state index is 11.4. The van der Waals surface area contributed by atoms with Crippen molar-refractivity contribution < 1.29 is 9.53 Å². The molecule has 0 aromatic carbocycles. The third-order valence-electron chi connectivity index (χ3n) is 2.04. The lowest BCUT2D eigenvalue weighted by molar-refractivity contribution is -0.115. The summed E-state index contributed by atoms with van der Waals surface area (Å²) in [6.45, 7) is 5.46. The molecular weight excluding hydrogens is 226 g/mol. The zero-order valence-corrected chi connectivity index (χ0v) is 10.6. The highest BCUT2D eigenvalue weighted by Gasteiger charge is 2.06. The highest BCUT2D eigenvalue weighted by Crippen LogP contribution is 2.20. The molecule has 1 heterocycles. The van der Waals surface area contributed by atoms with E-state index in [0.29, 0.717) is 18.3 Å². The summed E-state index contributed by atoms with van der Waals surface area (Å²) in [6, 6.07) is 0. The molecule has 1 amide bonds. The van der Waals surface area contributed by atoms with Crippen molar-refractivity contribution in [2.24, 2.45) is 0 Å². The van der Waals surface area contributed by atoms with Crippen LogP contribution in [0.5, 0.6) is 0 Å². The number of ether oxygens (including phenoxy) is 1. The molecule has 2 N–H and O–H groups in total. The summed E-state index contributed by atoms with van der Waals surface area (Å²) in [6.07, 6.45) is 0. The number of nitrogens with one attached hydrogen (secondary N) is 2. The van der Waals surface area contributed by atoms with Gasteiger partial charge in [-0.25, -0.2) is 4.98 Å². The summed E-state index contributed by atoms with van der Waals surface area (Å²) in [5.41, 5.74) is 0.965. The number of thiazole rings is 1. The molecule has 0 radical (unpaired) electrons. The second-order valence-electron chi connectivity index (χ2n) is 3.38. The molecule has 0 aliphatic heterocycles. The largest absolute Gasteiger partial charge is 0.383 e. The van der Waals surface area contributed by atoms with Gasteiger partial charge in [0.25, 0.3) is 0 Å². The number of hydrogen-bond donors (Lipinski definition) is 2. The molecule has 5 nitrogen and oxygen atoms in total. The molecule has 1 aromatic heterocycles. The van der Waals surface area contributed by atoms with Crippen molar-refractivity contribution in [1.82, 2.24) is 10.3 Å². The molecule has 0 saturated carbocycles. The Morgan fingerprint density at radius 2 is 2.25 bits per heavy atom. The van der Waals surface area contributed by atoms with E-state index in [-0.39, 0.29) is 12.5 Å². The summed E-state index contributed by atoms with van der Waals surface area (Å²) in [5, 5.41) is 6.37. The maximum Gasteiger partial charge on any atom is 0.240 e. The number of nitrogens with zero attached hydrogens (tertiary/aromatic N) is 1. The van der Waals surface area contributed by atoms with Crippen LogP contribution >= 0.6 is 11.3 Å². The number of hydrogen-bond acceptors (Lipinski definition) is 5. The van der Waals surface area contributed by atoms with Crippen LogP contribution in [0.4, 0.5) is 5.13 Å². The average Bonchev–Trinajstić information content (AvgIpc) is 2.53. The van der Waals surface area contributed by atoms with Gasteiger partial charge in [0, 0.05) is 18.5 Å². The summed E-state index contributed by atoms with van der Waals surface area (Å²) in [4.78, 5) is 16.8. The van der Waals surface area contributed by atoms with Crippen molar-refractivity contribution in [3.05, 3.63) is 10.6 Å². The van der Waals surface area contributed by atoms with Crippen molar-refractivity contribution in [2.75, 3.05) is 32.1 Å². The minimum atomic E-state index is -0.0788. The highest BCUT2D eigenvalue weighted by molar-refractivity contribution is 7.15. The molecular formula is C10H17N3O2S. The Morgan fingerprint density at radius 1 is 1.50 bits per heavy atom. The van der Waals surface area contributed by atoms with Gasteiger partial charge in [-0.3, -0.25) is 4.79 Å². The van der Waals surface area contributed by atoms with Crippen LogP contribution in [0.1, 0.15) is 10.6 Å². The molecule has 0 fully saturated rings. The van der Waals surface area contributed by atoms with Crippen LogP contribution in [-0.4, -0.2) is 37.7 Å². The molecule has 0 saturated heterocycles. The lowest BCUT2D eigenvalue weighted by Gasteiger charge is -2.03. The van der Waals surface area contributed by atoms with Gasteiger partial charge in [0.1, 0.15) is 0 Å². The monoisotopic (exact) mass is 243 g/mol. The van der Waals surface area contributed by atoms with E-state index >= 15 is 0 Å². The maximum atomic E-state index is 11.4.